The molecule has 0 saturated heterocycles. The van der Waals surface area contributed by atoms with Crippen LogP contribution in [0.15, 0.2) is 22.7 Å². The second kappa shape index (κ2) is 7.38. The molecule has 0 radical (unpaired) electrons. The van der Waals surface area contributed by atoms with Gasteiger partial charge in [0.2, 0.25) is 0 Å². The zero-order valence-electron chi connectivity index (χ0n) is 10.5. The molecule has 0 aliphatic carbocycles. The summed E-state index contributed by atoms with van der Waals surface area (Å²) in [6.07, 6.45) is 0. The Morgan fingerprint density at radius 3 is 2.72 bits per heavy atom. The quantitative estimate of drug-likeness (QED) is 0.785. The predicted molar refractivity (Wildman–Crippen MR) is 72.3 cm³/mol. The van der Waals surface area contributed by atoms with Gasteiger partial charge in [-0.2, -0.15) is 0 Å². The number of carbonyl (C=O) groups is 1. The third-order valence-corrected chi connectivity index (χ3v) is 2.60. The van der Waals surface area contributed by atoms with Crippen LogP contribution in [0.5, 0.6) is 5.75 Å². The highest BCUT2D eigenvalue weighted by Crippen LogP contribution is 2.23. The van der Waals surface area contributed by atoms with Crippen molar-refractivity contribution in [2.24, 2.45) is 5.92 Å². The van der Waals surface area contributed by atoms with Gasteiger partial charge in [0.05, 0.1) is 6.61 Å². The van der Waals surface area contributed by atoms with E-state index in [1.54, 1.807) is 12.1 Å². The lowest BCUT2D eigenvalue weighted by Crippen LogP contribution is -2.11. The van der Waals surface area contributed by atoms with Crippen LogP contribution in [0, 0.1) is 5.92 Å². The summed E-state index contributed by atoms with van der Waals surface area (Å²) in [5, 5.41) is 9.03. The molecule has 0 aliphatic heterocycles. The van der Waals surface area contributed by atoms with E-state index in [4.69, 9.17) is 14.6 Å². The molecule has 1 N–H and O–H groups in total. The first kappa shape index (κ1) is 15.0. The summed E-state index contributed by atoms with van der Waals surface area (Å²) in [6, 6.07) is 4.90. The van der Waals surface area contributed by atoms with Crippen LogP contribution in [0.25, 0.3) is 0 Å². The maximum absolute atomic E-state index is 11.0. The average molecular weight is 317 g/mol. The number of carboxylic acid groups (broad SMARTS) is 1. The van der Waals surface area contributed by atoms with E-state index in [1.165, 1.54) is 6.07 Å². The molecule has 0 heterocycles. The van der Waals surface area contributed by atoms with Crippen molar-refractivity contribution in [2.45, 2.75) is 13.8 Å². The van der Waals surface area contributed by atoms with E-state index in [2.05, 4.69) is 29.8 Å². The number of hydrogen-bond donors (Lipinski definition) is 1. The van der Waals surface area contributed by atoms with Crippen LogP contribution >= 0.6 is 15.9 Å². The summed E-state index contributed by atoms with van der Waals surface area (Å²) in [7, 11) is 0. The molecule has 0 aliphatic rings. The standard InChI is InChI=1S/C13H17BrO4/c1-9(2)8-17-5-6-18-12-4-3-10(14)7-11(12)13(15)16/h3-4,7,9H,5-6,8H2,1-2H3,(H,15,16). The van der Waals surface area contributed by atoms with Crippen molar-refractivity contribution in [1.82, 2.24) is 0 Å². The third kappa shape index (κ3) is 5.06. The Hall–Kier alpha value is -1.07. The normalized spacial score (nSPS) is 10.7. The predicted octanol–water partition coefficient (Wildman–Crippen LogP) is 3.20. The lowest BCUT2D eigenvalue weighted by atomic mass is 10.2. The fourth-order valence-electron chi connectivity index (χ4n) is 1.32. The summed E-state index contributed by atoms with van der Waals surface area (Å²) < 4.78 is 11.5. The van der Waals surface area contributed by atoms with Gasteiger partial charge in [-0.3, -0.25) is 0 Å². The van der Waals surface area contributed by atoms with Gasteiger partial charge < -0.3 is 14.6 Å². The highest BCUT2D eigenvalue weighted by molar-refractivity contribution is 9.10. The maximum atomic E-state index is 11.0. The minimum absolute atomic E-state index is 0.147. The molecule has 0 fully saturated rings. The molecule has 0 aromatic heterocycles. The zero-order valence-corrected chi connectivity index (χ0v) is 12.1. The SMILES string of the molecule is CC(C)COCCOc1ccc(Br)cc1C(=O)O. The van der Waals surface area contributed by atoms with Gasteiger partial charge in [-0.25, -0.2) is 4.79 Å². The molecule has 5 heteroatoms. The molecule has 1 aromatic carbocycles. The second-order valence-corrected chi connectivity index (χ2v) is 5.18. The van der Waals surface area contributed by atoms with Crippen molar-refractivity contribution in [3.8, 4) is 5.75 Å². The number of hydrogen-bond acceptors (Lipinski definition) is 3. The minimum atomic E-state index is -1.01. The summed E-state index contributed by atoms with van der Waals surface area (Å²) >= 11 is 3.23. The van der Waals surface area contributed by atoms with Gasteiger partial charge in [0.1, 0.15) is 17.9 Å². The minimum Gasteiger partial charge on any atom is -0.490 e. The van der Waals surface area contributed by atoms with Crippen molar-refractivity contribution >= 4 is 21.9 Å². The summed E-state index contributed by atoms with van der Waals surface area (Å²) in [5.74, 6) is -0.166. The number of aromatic carboxylic acids is 1. The Labute approximate surface area is 115 Å². The lowest BCUT2D eigenvalue weighted by Gasteiger charge is -2.10. The van der Waals surface area contributed by atoms with Gasteiger partial charge >= 0.3 is 5.97 Å². The van der Waals surface area contributed by atoms with E-state index in [9.17, 15) is 4.79 Å². The highest BCUT2D eigenvalue weighted by Gasteiger charge is 2.11. The molecule has 1 aromatic rings. The van der Waals surface area contributed by atoms with Crippen LogP contribution in [0.1, 0.15) is 24.2 Å². The molecule has 1 rings (SSSR count). The first-order valence-corrected chi connectivity index (χ1v) is 6.53. The fourth-order valence-corrected chi connectivity index (χ4v) is 1.69. The number of carboxylic acids is 1. The molecule has 0 bridgehead atoms. The van der Waals surface area contributed by atoms with E-state index in [1.807, 2.05) is 0 Å². The molecular formula is C13H17BrO4. The smallest absolute Gasteiger partial charge is 0.339 e. The summed E-state index contributed by atoms with van der Waals surface area (Å²) in [5.41, 5.74) is 0.147. The van der Waals surface area contributed by atoms with Crippen LogP contribution in [0.4, 0.5) is 0 Å². The van der Waals surface area contributed by atoms with E-state index in [-0.39, 0.29) is 5.56 Å². The Kier molecular flexibility index (Phi) is 6.15. The van der Waals surface area contributed by atoms with Gasteiger partial charge in [-0.15, -0.1) is 0 Å². The van der Waals surface area contributed by atoms with E-state index in [0.29, 0.717) is 36.0 Å². The monoisotopic (exact) mass is 316 g/mol. The number of halogens is 1. The van der Waals surface area contributed by atoms with Crippen molar-refractivity contribution in [2.75, 3.05) is 19.8 Å². The van der Waals surface area contributed by atoms with Crippen LogP contribution in [0.3, 0.4) is 0 Å². The Balaban J connectivity index is 2.49. The summed E-state index contributed by atoms with van der Waals surface area (Å²) in [4.78, 5) is 11.0. The van der Waals surface area contributed by atoms with Crippen LogP contribution in [0.2, 0.25) is 0 Å². The van der Waals surface area contributed by atoms with Crippen molar-refractivity contribution in [1.29, 1.82) is 0 Å². The van der Waals surface area contributed by atoms with E-state index >= 15 is 0 Å². The fraction of sp³-hybridized carbons (Fsp3) is 0.462. The van der Waals surface area contributed by atoms with Gasteiger partial charge in [0, 0.05) is 11.1 Å². The molecule has 0 atom stereocenters. The summed E-state index contributed by atoms with van der Waals surface area (Å²) in [6.45, 7) is 5.60. The molecular weight excluding hydrogens is 300 g/mol. The Bertz CT molecular complexity index is 404. The van der Waals surface area contributed by atoms with Gasteiger partial charge in [0.25, 0.3) is 0 Å². The molecule has 0 amide bonds. The lowest BCUT2D eigenvalue weighted by molar-refractivity contribution is 0.0677. The van der Waals surface area contributed by atoms with Crippen LogP contribution in [-0.4, -0.2) is 30.9 Å². The first-order valence-electron chi connectivity index (χ1n) is 5.74. The number of rotatable bonds is 7. The number of benzene rings is 1. The molecule has 18 heavy (non-hydrogen) atoms. The molecule has 100 valence electrons. The zero-order chi connectivity index (χ0) is 13.5. The van der Waals surface area contributed by atoms with Gasteiger partial charge in [0.15, 0.2) is 0 Å². The van der Waals surface area contributed by atoms with Crippen molar-refractivity contribution < 1.29 is 19.4 Å². The molecule has 4 nitrogen and oxygen atoms in total. The first-order chi connectivity index (χ1) is 8.50. The van der Waals surface area contributed by atoms with E-state index < -0.39 is 5.97 Å². The Morgan fingerprint density at radius 2 is 2.11 bits per heavy atom. The van der Waals surface area contributed by atoms with Crippen LogP contribution in [-0.2, 0) is 4.74 Å². The highest BCUT2D eigenvalue weighted by atomic mass is 79.9. The topological polar surface area (TPSA) is 55.8 Å². The average Bonchev–Trinajstić information content (AvgIpc) is 2.29. The molecule has 0 unspecified atom stereocenters. The Morgan fingerprint density at radius 1 is 1.39 bits per heavy atom. The van der Waals surface area contributed by atoms with Crippen molar-refractivity contribution in [3.05, 3.63) is 28.2 Å². The maximum Gasteiger partial charge on any atom is 0.339 e. The largest absolute Gasteiger partial charge is 0.490 e. The van der Waals surface area contributed by atoms with Gasteiger partial charge in [-0.1, -0.05) is 29.8 Å². The second-order valence-electron chi connectivity index (χ2n) is 4.26. The van der Waals surface area contributed by atoms with E-state index in [0.717, 1.165) is 0 Å². The number of ether oxygens (including phenoxy) is 2. The third-order valence-electron chi connectivity index (χ3n) is 2.11. The van der Waals surface area contributed by atoms with Gasteiger partial charge in [-0.05, 0) is 24.1 Å². The molecule has 0 spiro atoms. The van der Waals surface area contributed by atoms with Crippen molar-refractivity contribution in [3.63, 3.8) is 0 Å². The molecule has 0 saturated carbocycles. The van der Waals surface area contributed by atoms with Crippen LogP contribution < -0.4 is 4.74 Å².